The molecule has 0 aliphatic heterocycles. The summed E-state index contributed by atoms with van der Waals surface area (Å²) in [5, 5.41) is 13.9. The van der Waals surface area contributed by atoms with Gasteiger partial charge in [-0.25, -0.2) is 0 Å². The Morgan fingerprint density at radius 3 is 2.39 bits per heavy atom. The number of likely N-dealkylation sites (N-methyl/N-ethyl adjacent to an activating group) is 1. The molecular weight excluding hydrogens is 369 g/mol. The molecule has 6 nitrogen and oxygen atoms in total. The zero-order chi connectivity index (χ0) is 20.1. The van der Waals surface area contributed by atoms with Crippen LogP contribution < -0.4 is 5.32 Å². The zero-order valence-corrected chi connectivity index (χ0v) is 15.8. The first-order chi connectivity index (χ1) is 13.4. The zero-order valence-electron chi connectivity index (χ0n) is 15.8. The van der Waals surface area contributed by atoms with Gasteiger partial charge in [0, 0.05) is 12.6 Å². The van der Waals surface area contributed by atoms with Gasteiger partial charge >= 0.3 is 6.18 Å². The van der Waals surface area contributed by atoms with E-state index in [4.69, 9.17) is 0 Å². The van der Waals surface area contributed by atoms with Gasteiger partial charge in [-0.3, -0.25) is 4.90 Å². The van der Waals surface area contributed by atoms with Crippen LogP contribution in [0, 0.1) is 0 Å². The first-order valence-electron chi connectivity index (χ1n) is 9.23. The summed E-state index contributed by atoms with van der Waals surface area (Å²) in [6.45, 7) is 6.51. The fourth-order valence-corrected chi connectivity index (χ4v) is 3.24. The molecule has 1 N–H and O–H groups in total. The molecule has 2 heterocycles. The van der Waals surface area contributed by atoms with Gasteiger partial charge in [-0.15, -0.1) is 15.3 Å². The molecule has 0 fully saturated rings. The molecule has 0 saturated heterocycles. The lowest BCUT2D eigenvalue weighted by molar-refractivity contribution is -0.146. The Kier molecular flexibility index (Phi) is 6.13. The average molecular weight is 392 g/mol. The Balaban J connectivity index is 1.78. The van der Waals surface area contributed by atoms with Gasteiger partial charge in [0.05, 0.1) is 0 Å². The number of hydrogen-bond acceptors (Lipinski definition) is 5. The van der Waals surface area contributed by atoms with E-state index < -0.39 is 12.0 Å². The third-order valence-corrected chi connectivity index (χ3v) is 4.68. The highest BCUT2D eigenvalue weighted by atomic mass is 19.4. The summed E-state index contributed by atoms with van der Waals surface area (Å²) >= 11 is 0. The standard InChI is InChI=1S/C19H23F3N6/c1-3-27(4-2)15(12-14-8-6-5-7-9-14)13-23-16-10-11-17-24-25-18(19(20,21)22)28(17)26-16/h5-11,15H,3-4,12-13H2,1-2H3,(H,23,26)/t15-/m0/s1. The minimum atomic E-state index is -4.61. The van der Waals surface area contributed by atoms with Crippen molar-refractivity contribution in [2.75, 3.05) is 25.0 Å². The second-order valence-electron chi connectivity index (χ2n) is 6.46. The lowest BCUT2D eigenvalue weighted by Gasteiger charge is -2.30. The van der Waals surface area contributed by atoms with Gasteiger partial charge in [0.1, 0.15) is 5.82 Å². The van der Waals surface area contributed by atoms with Crippen LogP contribution in [0.25, 0.3) is 5.65 Å². The van der Waals surface area contributed by atoms with Gasteiger partial charge in [-0.2, -0.15) is 17.7 Å². The molecule has 0 radical (unpaired) electrons. The van der Waals surface area contributed by atoms with Gasteiger partial charge in [0.2, 0.25) is 0 Å². The Bertz CT molecular complexity index is 890. The maximum atomic E-state index is 13.0. The molecule has 3 rings (SSSR count). The first kappa shape index (κ1) is 20.1. The van der Waals surface area contributed by atoms with E-state index in [1.165, 1.54) is 11.6 Å². The van der Waals surface area contributed by atoms with E-state index in [0.29, 0.717) is 12.4 Å². The van der Waals surface area contributed by atoms with E-state index in [-0.39, 0.29) is 11.7 Å². The fourth-order valence-electron chi connectivity index (χ4n) is 3.24. The Morgan fingerprint density at radius 2 is 1.75 bits per heavy atom. The van der Waals surface area contributed by atoms with Crippen LogP contribution >= 0.6 is 0 Å². The summed E-state index contributed by atoms with van der Waals surface area (Å²) in [4.78, 5) is 2.32. The normalized spacial score (nSPS) is 13.2. The molecule has 0 unspecified atom stereocenters. The number of rotatable bonds is 8. The molecule has 0 amide bonds. The fraction of sp³-hybridized carbons (Fsp3) is 0.421. The number of hydrogen-bond donors (Lipinski definition) is 1. The second kappa shape index (κ2) is 8.55. The summed E-state index contributed by atoms with van der Waals surface area (Å²) in [6, 6.07) is 13.4. The highest BCUT2D eigenvalue weighted by Crippen LogP contribution is 2.27. The Morgan fingerprint density at radius 1 is 1.04 bits per heavy atom. The van der Waals surface area contributed by atoms with Crippen molar-refractivity contribution in [3.8, 4) is 0 Å². The van der Waals surface area contributed by atoms with Crippen LogP contribution in [0.4, 0.5) is 19.0 Å². The molecule has 2 aromatic heterocycles. The average Bonchev–Trinajstić information content (AvgIpc) is 3.11. The lowest BCUT2D eigenvalue weighted by Crippen LogP contribution is -2.41. The summed E-state index contributed by atoms with van der Waals surface area (Å²) in [5.41, 5.74) is 1.27. The molecular formula is C19H23F3N6. The van der Waals surface area contributed by atoms with Gasteiger partial charge in [0.25, 0.3) is 5.82 Å². The van der Waals surface area contributed by atoms with Crippen LogP contribution in [-0.2, 0) is 12.6 Å². The maximum absolute atomic E-state index is 13.0. The van der Waals surface area contributed by atoms with Crippen molar-refractivity contribution < 1.29 is 13.2 Å². The van der Waals surface area contributed by atoms with E-state index in [1.54, 1.807) is 6.07 Å². The summed E-state index contributed by atoms with van der Waals surface area (Å²) in [7, 11) is 0. The number of benzene rings is 1. The molecule has 9 heteroatoms. The number of nitrogens with one attached hydrogen (secondary N) is 1. The highest BCUT2D eigenvalue weighted by molar-refractivity contribution is 5.44. The van der Waals surface area contributed by atoms with Crippen LogP contribution in [0.2, 0.25) is 0 Å². The van der Waals surface area contributed by atoms with E-state index >= 15 is 0 Å². The summed E-state index contributed by atoms with van der Waals surface area (Å²) in [5.74, 6) is -0.779. The van der Waals surface area contributed by atoms with Crippen molar-refractivity contribution in [3.05, 3.63) is 53.9 Å². The van der Waals surface area contributed by atoms with Gasteiger partial charge in [-0.1, -0.05) is 44.2 Å². The topological polar surface area (TPSA) is 58.3 Å². The van der Waals surface area contributed by atoms with Crippen molar-refractivity contribution in [2.45, 2.75) is 32.5 Å². The minimum absolute atomic E-state index is 0.0578. The van der Waals surface area contributed by atoms with Crippen LogP contribution in [0.5, 0.6) is 0 Å². The largest absolute Gasteiger partial charge is 0.453 e. The number of nitrogens with zero attached hydrogens (tertiary/aromatic N) is 5. The third kappa shape index (κ3) is 4.59. The number of alkyl halides is 3. The Hall–Kier alpha value is -2.68. The molecule has 0 aliphatic carbocycles. The molecule has 0 spiro atoms. The SMILES string of the molecule is CCN(CC)[C@H](CNc1ccc2nnc(C(F)(F)F)n2n1)Cc1ccccc1. The monoisotopic (exact) mass is 392 g/mol. The molecule has 3 aromatic rings. The van der Waals surface area contributed by atoms with Crippen LogP contribution in [0.3, 0.4) is 0 Å². The number of halogens is 3. The van der Waals surface area contributed by atoms with Gasteiger partial charge < -0.3 is 5.32 Å². The van der Waals surface area contributed by atoms with Crippen molar-refractivity contribution in [1.29, 1.82) is 0 Å². The van der Waals surface area contributed by atoms with Crippen LogP contribution in [0.15, 0.2) is 42.5 Å². The molecule has 0 bridgehead atoms. The van der Waals surface area contributed by atoms with E-state index in [9.17, 15) is 13.2 Å². The molecule has 1 atom stereocenters. The predicted molar refractivity (Wildman–Crippen MR) is 101 cm³/mol. The van der Waals surface area contributed by atoms with Crippen molar-refractivity contribution >= 4 is 11.5 Å². The highest BCUT2D eigenvalue weighted by Gasteiger charge is 2.37. The molecule has 0 aliphatic rings. The number of anilines is 1. The Labute approximate surface area is 161 Å². The van der Waals surface area contributed by atoms with Crippen LogP contribution in [-0.4, -0.2) is 50.4 Å². The number of fused-ring (bicyclic) bond motifs is 1. The second-order valence-corrected chi connectivity index (χ2v) is 6.46. The van der Waals surface area contributed by atoms with E-state index in [2.05, 4.69) is 51.5 Å². The predicted octanol–water partition coefficient (Wildman–Crippen LogP) is 3.51. The summed E-state index contributed by atoms with van der Waals surface area (Å²) in [6.07, 6.45) is -3.78. The minimum Gasteiger partial charge on any atom is -0.367 e. The third-order valence-electron chi connectivity index (χ3n) is 4.68. The van der Waals surface area contributed by atoms with Crippen molar-refractivity contribution in [1.82, 2.24) is 24.7 Å². The first-order valence-corrected chi connectivity index (χ1v) is 9.23. The summed E-state index contributed by atoms with van der Waals surface area (Å²) < 4.78 is 39.9. The number of aromatic nitrogens is 4. The van der Waals surface area contributed by atoms with E-state index in [0.717, 1.165) is 24.0 Å². The van der Waals surface area contributed by atoms with Gasteiger partial charge in [-0.05, 0) is 37.2 Å². The maximum Gasteiger partial charge on any atom is 0.453 e. The molecule has 0 saturated carbocycles. The molecule has 150 valence electrons. The smallest absolute Gasteiger partial charge is 0.367 e. The quantitative estimate of drug-likeness (QED) is 0.636. The van der Waals surface area contributed by atoms with Gasteiger partial charge in [0.15, 0.2) is 5.65 Å². The lowest BCUT2D eigenvalue weighted by atomic mass is 10.0. The molecule has 28 heavy (non-hydrogen) atoms. The van der Waals surface area contributed by atoms with Crippen molar-refractivity contribution in [2.24, 2.45) is 0 Å². The van der Waals surface area contributed by atoms with E-state index in [1.807, 2.05) is 18.2 Å². The molecule has 1 aromatic carbocycles. The van der Waals surface area contributed by atoms with Crippen LogP contribution in [0.1, 0.15) is 25.2 Å². The van der Waals surface area contributed by atoms with Crippen molar-refractivity contribution in [3.63, 3.8) is 0 Å².